The SMILES string of the molecule is O=C(NCc1cccnc1)[C@@H]1CCCN(C2CCN(Cc3ccoc3)CC2)C1. The third kappa shape index (κ3) is 5.00. The first-order valence-electron chi connectivity index (χ1n) is 10.4. The van der Waals surface area contributed by atoms with Crippen LogP contribution in [0.5, 0.6) is 0 Å². The fourth-order valence-electron chi connectivity index (χ4n) is 4.47. The number of furan rings is 1. The summed E-state index contributed by atoms with van der Waals surface area (Å²) in [4.78, 5) is 21.8. The highest BCUT2D eigenvalue weighted by molar-refractivity contribution is 5.78. The zero-order valence-corrected chi connectivity index (χ0v) is 16.4. The number of piperidine rings is 2. The molecule has 150 valence electrons. The molecule has 1 atom stereocenters. The van der Waals surface area contributed by atoms with Crippen molar-refractivity contribution in [2.45, 2.75) is 44.8 Å². The fraction of sp³-hybridized carbons (Fsp3) is 0.545. The van der Waals surface area contributed by atoms with Crippen molar-refractivity contribution in [1.82, 2.24) is 20.1 Å². The lowest BCUT2D eigenvalue weighted by Crippen LogP contribution is -2.50. The number of nitrogens with zero attached hydrogens (tertiary/aromatic N) is 3. The van der Waals surface area contributed by atoms with E-state index >= 15 is 0 Å². The maximum Gasteiger partial charge on any atom is 0.224 e. The van der Waals surface area contributed by atoms with E-state index in [-0.39, 0.29) is 11.8 Å². The lowest BCUT2D eigenvalue weighted by Gasteiger charge is -2.42. The van der Waals surface area contributed by atoms with E-state index in [9.17, 15) is 4.79 Å². The Labute approximate surface area is 166 Å². The summed E-state index contributed by atoms with van der Waals surface area (Å²) >= 11 is 0. The van der Waals surface area contributed by atoms with Crippen molar-refractivity contribution in [1.29, 1.82) is 0 Å². The average molecular weight is 383 g/mol. The van der Waals surface area contributed by atoms with Gasteiger partial charge < -0.3 is 9.73 Å². The Hall–Kier alpha value is -2.18. The molecule has 2 fully saturated rings. The normalized spacial score (nSPS) is 22.2. The predicted octanol–water partition coefficient (Wildman–Crippen LogP) is 2.67. The Kier molecular flexibility index (Phi) is 6.39. The van der Waals surface area contributed by atoms with E-state index in [2.05, 4.69) is 20.1 Å². The molecule has 2 saturated heterocycles. The van der Waals surface area contributed by atoms with Crippen LogP contribution in [0.25, 0.3) is 0 Å². The van der Waals surface area contributed by atoms with Crippen molar-refractivity contribution in [2.75, 3.05) is 26.2 Å². The van der Waals surface area contributed by atoms with E-state index in [4.69, 9.17) is 4.42 Å². The molecule has 0 spiro atoms. The molecule has 28 heavy (non-hydrogen) atoms. The van der Waals surface area contributed by atoms with Crippen LogP contribution >= 0.6 is 0 Å². The molecule has 2 aliphatic rings. The fourth-order valence-corrected chi connectivity index (χ4v) is 4.47. The van der Waals surface area contributed by atoms with E-state index in [0.29, 0.717) is 12.6 Å². The molecular weight excluding hydrogens is 352 g/mol. The highest BCUT2D eigenvalue weighted by atomic mass is 16.3. The maximum absolute atomic E-state index is 12.7. The number of pyridine rings is 1. The third-order valence-corrected chi connectivity index (χ3v) is 6.07. The molecule has 0 aromatic carbocycles. The molecule has 6 nitrogen and oxygen atoms in total. The van der Waals surface area contributed by atoms with Crippen LogP contribution in [0.2, 0.25) is 0 Å². The smallest absolute Gasteiger partial charge is 0.224 e. The van der Waals surface area contributed by atoms with Crippen LogP contribution in [0.1, 0.15) is 36.8 Å². The second-order valence-corrected chi connectivity index (χ2v) is 8.05. The van der Waals surface area contributed by atoms with E-state index in [1.54, 1.807) is 12.5 Å². The van der Waals surface area contributed by atoms with Crippen molar-refractivity contribution in [3.63, 3.8) is 0 Å². The van der Waals surface area contributed by atoms with Gasteiger partial charge in [-0.15, -0.1) is 0 Å². The van der Waals surface area contributed by atoms with E-state index < -0.39 is 0 Å². The van der Waals surface area contributed by atoms with Gasteiger partial charge in [0, 0.05) is 43.6 Å². The van der Waals surface area contributed by atoms with Gasteiger partial charge in [0.05, 0.1) is 18.4 Å². The number of amides is 1. The first-order chi connectivity index (χ1) is 13.8. The van der Waals surface area contributed by atoms with Gasteiger partial charge in [0.1, 0.15) is 0 Å². The molecule has 2 aromatic heterocycles. The van der Waals surface area contributed by atoms with Crippen molar-refractivity contribution in [2.24, 2.45) is 5.92 Å². The molecule has 0 saturated carbocycles. The molecule has 2 aromatic rings. The Morgan fingerprint density at radius 3 is 2.82 bits per heavy atom. The molecular formula is C22H30N4O2. The summed E-state index contributed by atoms with van der Waals surface area (Å²) in [5.41, 5.74) is 2.30. The molecule has 4 rings (SSSR count). The van der Waals surface area contributed by atoms with Gasteiger partial charge in [0.2, 0.25) is 5.91 Å². The first-order valence-corrected chi connectivity index (χ1v) is 10.4. The van der Waals surface area contributed by atoms with Crippen LogP contribution in [-0.2, 0) is 17.9 Å². The molecule has 6 heteroatoms. The largest absolute Gasteiger partial charge is 0.472 e. The summed E-state index contributed by atoms with van der Waals surface area (Å²) < 4.78 is 5.18. The van der Waals surface area contributed by atoms with E-state index in [0.717, 1.165) is 51.1 Å². The molecule has 1 amide bonds. The molecule has 2 aliphatic heterocycles. The van der Waals surface area contributed by atoms with Crippen LogP contribution in [0.4, 0.5) is 0 Å². The highest BCUT2D eigenvalue weighted by Gasteiger charge is 2.31. The summed E-state index contributed by atoms with van der Waals surface area (Å²) in [7, 11) is 0. The number of hydrogen-bond donors (Lipinski definition) is 1. The minimum absolute atomic E-state index is 0.106. The number of aromatic nitrogens is 1. The summed E-state index contributed by atoms with van der Waals surface area (Å²) in [6.45, 7) is 5.79. The van der Waals surface area contributed by atoms with Crippen LogP contribution in [0.15, 0.2) is 47.5 Å². The van der Waals surface area contributed by atoms with Gasteiger partial charge in [0.15, 0.2) is 0 Å². The number of likely N-dealkylation sites (tertiary alicyclic amines) is 2. The van der Waals surface area contributed by atoms with Crippen LogP contribution in [0.3, 0.4) is 0 Å². The van der Waals surface area contributed by atoms with Crippen LogP contribution in [-0.4, -0.2) is 52.9 Å². The van der Waals surface area contributed by atoms with Crippen molar-refractivity contribution in [3.05, 3.63) is 54.2 Å². The number of carbonyl (C=O) groups is 1. The zero-order chi connectivity index (χ0) is 19.2. The third-order valence-electron chi connectivity index (χ3n) is 6.07. The lowest BCUT2D eigenvalue weighted by molar-refractivity contribution is -0.127. The molecule has 0 radical (unpaired) electrons. The topological polar surface area (TPSA) is 61.6 Å². The molecule has 0 aliphatic carbocycles. The van der Waals surface area contributed by atoms with Crippen molar-refractivity contribution >= 4 is 5.91 Å². The maximum atomic E-state index is 12.7. The van der Waals surface area contributed by atoms with Gasteiger partial charge >= 0.3 is 0 Å². The quantitative estimate of drug-likeness (QED) is 0.832. The average Bonchev–Trinajstić information content (AvgIpc) is 3.26. The lowest BCUT2D eigenvalue weighted by atomic mass is 9.93. The molecule has 1 N–H and O–H groups in total. The number of hydrogen-bond acceptors (Lipinski definition) is 5. The first kappa shape index (κ1) is 19.2. The number of nitrogens with one attached hydrogen (secondary N) is 1. The van der Waals surface area contributed by atoms with Gasteiger partial charge in [0.25, 0.3) is 0 Å². The minimum atomic E-state index is 0.106. The molecule has 0 bridgehead atoms. The second kappa shape index (κ2) is 9.34. The summed E-state index contributed by atoms with van der Waals surface area (Å²) in [6.07, 6.45) is 11.6. The standard InChI is InChI=1S/C22H30N4O2/c27-22(24-14-18-3-1-8-23-13-18)20-4-2-9-26(16-20)21-5-10-25(11-6-21)15-19-7-12-28-17-19/h1,3,7-8,12-13,17,20-21H,2,4-6,9-11,14-16H2,(H,24,27)/t20-/m1/s1. The summed E-state index contributed by atoms with van der Waals surface area (Å²) in [6, 6.07) is 6.56. The number of rotatable bonds is 6. The molecule has 4 heterocycles. The minimum Gasteiger partial charge on any atom is -0.472 e. The van der Waals surface area contributed by atoms with E-state index in [1.807, 2.05) is 30.7 Å². The second-order valence-electron chi connectivity index (χ2n) is 8.05. The molecule has 0 unspecified atom stereocenters. The van der Waals surface area contributed by atoms with Crippen LogP contribution < -0.4 is 5.32 Å². The van der Waals surface area contributed by atoms with Gasteiger partial charge in [-0.3, -0.25) is 19.6 Å². The summed E-state index contributed by atoms with van der Waals surface area (Å²) in [5, 5.41) is 3.10. The van der Waals surface area contributed by atoms with Crippen molar-refractivity contribution in [3.8, 4) is 0 Å². The Bertz CT molecular complexity index is 726. The number of carbonyl (C=O) groups excluding carboxylic acids is 1. The Morgan fingerprint density at radius 2 is 2.07 bits per heavy atom. The van der Waals surface area contributed by atoms with Gasteiger partial charge in [-0.1, -0.05) is 6.07 Å². The summed E-state index contributed by atoms with van der Waals surface area (Å²) in [5.74, 6) is 0.292. The van der Waals surface area contributed by atoms with Crippen LogP contribution in [0, 0.1) is 5.92 Å². The zero-order valence-electron chi connectivity index (χ0n) is 16.4. The van der Waals surface area contributed by atoms with Gasteiger partial charge in [-0.2, -0.15) is 0 Å². The van der Waals surface area contributed by atoms with E-state index in [1.165, 1.54) is 18.4 Å². The Morgan fingerprint density at radius 1 is 1.18 bits per heavy atom. The predicted molar refractivity (Wildman–Crippen MR) is 107 cm³/mol. The highest BCUT2D eigenvalue weighted by Crippen LogP contribution is 2.25. The van der Waals surface area contributed by atoms with Crippen molar-refractivity contribution < 1.29 is 9.21 Å². The monoisotopic (exact) mass is 382 g/mol. The van der Waals surface area contributed by atoms with Gasteiger partial charge in [-0.05, 0) is 63.0 Å². The Balaban J connectivity index is 1.23. The van der Waals surface area contributed by atoms with Gasteiger partial charge in [-0.25, -0.2) is 0 Å².